The summed E-state index contributed by atoms with van der Waals surface area (Å²) in [5.41, 5.74) is 1.69. The molecule has 1 heterocycles. The number of hydrogen-bond acceptors (Lipinski definition) is 1. The molecule has 0 N–H and O–H groups in total. The lowest BCUT2D eigenvalue weighted by Crippen LogP contribution is -2.21. The summed E-state index contributed by atoms with van der Waals surface area (Å²) in [5, 5.41) is 1.53. The summed E-state index contributed by atoms with van der Waals surface area (Å²) in [6, 6.07) is 9.14. The summed E-state index contributed by atoms with van der Waals surface area (Å²) in [6.07, 6.45) is 28.4. The van der Waals surface area contributed by atoms with Crippen LogP contribution in [0.3, 0.4) is 0 Å². The fourth-order valence-electron chi connectivity index (χ4n) is 8.21. The van der Waals surface area contributed by atoms with Crippen molar-refractivity contribution in [1.82, 2.24) is 0 Å². The van der Waals surface area contributed by atoms with Gasteiger partial charge in [0.2, 0.25) is 0 Å². The molecule has 0 spiro atoms. The van der Waals surface area contributed by atoms with Crippen LogP contribution < -0.4 is 0 Å². The normalized spacial score (nSPS) is 40.5. The first-order chi connectivity index (χ1) is 15.8. The molecule has 0 bridgehead atoms. The highest BCUT2D eigenvalue weighted by Gasteiger charge is 2.48. The van der Waals surface area contributed by atoms with Gasteiger partial charge in [0, 0.05) is 9.58 Å². The second kappa shape index (κ2) is 7.45. The van der Waals surface area contributed by atoms with E-state index in [0.29, 0.717) is 11.8 Å². The first-order valence-corrected chi connectivity index (χ1v) is 13.5. The zero-order valence-electron chi connectivity index (χ0n) is 18.8. The van der Waals surface area contributed by atoms with E-state index >= 15 is 0 Å². The third-order valence-corrected chi connectivity index (χ3v) is 10.7. The molecule has 0 radical (unpaired) electrons. The predicted molar refractivity (Wildman–Crippen MR) is 138 cm³/mol. The Kier molecular flexibility index (Phi) is 4.51. The average molecular weight is 437 g/mol. The SMILES string of the molecule is CC1CC2C=Cc3sc4ccccc4c3C2C1CCC1C2C=CC=CC2C2C=CC=CC21. The highest BCUT2D eigenvalue weighted by molar-refractivity contribution is 7.20. The van der Waals surface area contributed by atoms with Crippen molar-refractivity contribution in [2.75, 3.05) is 0 Å². The molecule has 1 aromatic heterocycles. The van der Waals surface area contributed by atoms with E-state index in [1.165, 1.54) is 34.2 Å². The molecule has 7 rings (SSSR count). The summed E-state index contributed by atoms with van der Waals surface area (Å²) in [6.45, 7) is 2.54. The first-order valence-electron chi connectivity index (χ1n) is 12.7. The highest BCUT2D eigenvalue weighted by Crippen LogP contribution is 2.58. The molecule has 5 aliphatic carbocycles. The van der Waals surface area contributed by atoms with Crippen molar-refractivity contribution < 1.29 is 0 Å². The molecule has 8 atom stereocenters. The Bertz CT molecular complexity index is 1150. The van der Waals surface area contributed by atoms with Crippen LogP contribution in [0.15, 0.2) is 78.9 Å². The topological polar surface area (TPSA) is 0 Å². The molecular formula is C31H32S. The largest absolute Gasteiger partial charge is 0.136 e. The van der Waals surface area contributed by atoms with Gasteiger partial charge in [-0.3, -0.25) is 0 Å². The van der Waals surface area contributed by atoms with Crippen molar-refractivity contribution >= 4 is 27.5 Å². The van der Waals surface area contributed by atoms with Gasteiger partial charge in [-0.15, -0.1) is 11.3 Å². The maximum absolute atomic E-state index is 2.56. The number of benzene rings is 1. The van der Waals surface area contributed by atoms with Crippen LogP contribution in [0.4, 0.5) is 0 Å². The molecule has 2 fully saturated rings. The van der Waals surface area contributed by atoms with Crippen molar-refractivity contribution in [3.05, 3.63) is 89.4 Å². The molecule has 32 heavy (non-hydrogen) atoms. The van der Waals surface area contributed by atoms with Crippen molar-refractivity contribution in [3.8, 4) is 0 Å². The molecule has 1 heteroatoms. The lowest BCUT2D eigenvalue weighted by molar-refractivity contribution is 0.274. The molecule has 2 aromatic rings. The summed E-state index contributed by atoms with van der Waals surface area (Å²) in [7, 11) is 0. The van der Waals surface area contributed by atoms with E-state index in [9.17, 15) is 0 Å². The molecule has 1 aromatic carbocycles. The fraction of sp³-hybridized carbons (Fsp3) is 0.419. The van der Waals surface area contributed by atoms with Crippen LogP contribution in [-0.4, -0.2) is 0 Å². The van der Waals surface area contributed by atoms with Gasteiger partial charge in [0.05, 0.1) is 0 Å². The molecule has 0 amide bonds. The van der Waals surface area contributed by atoms with Crippen molar-refractivity contribution in [1.29, 1.82) is 0 Å². The minimum Gasteiger partial charge on any atom is -0.136 e. The molecule has 2 saturated carbocycles. The van der Waals surface area contributed by atoms with E-state index in [0.717, 1.165) is 41.4 Å². The number of allylic oxidation sites excluding steroid dienone is 9. The van der Waals surface area contributed by atoms with Crippen LogP contribution in [0.25, 0.3) is 16.2 Å². The highest BCUT2D eigenvalue weighted by atomic mass is 32.1. The van der Waals surface area contributed by atoms with Crippen LogP contribution in [-0.2, 0) is 0 Å². The molecule has 0 saturated heterocycles. The standard InChI is InChI=1S/C31H32S/c1-19-18-20-14-17-29-31(27-12-6-7-13-28(27)32-29)30(20)21(19)15-16-26-24-10-4-2-8-22(24)23-9-3-5-11-25(23)26/h2-14,17,19-26,30H,15-16,18H2,1H3. The van der Waals surface area contributed by atoms with E-state index in [4.69, 9.17) is 0 Å². The third kappa shape index (κ3) is 2.80. The minimum absolute atomic E-state index is 0.704. The summed E-state index contributed by atoms with van der Waals surface area (Å²) in [5.74, 6) is 6.72. The van der Waals surface area contributed by atoms with Gasteiger partial charge in [-0.25, -0.2) is 0 Å². The van der Waals surface area contributed by atoms with Crippen LogP contribution >= 0.6 is 11.3 Å². The Morgan fingerprint density at radius 1 is 0.781 bits per heavy atom. The maximum Gasteiger partial charge on any atom is 0.0352 e. The Morgan fingerprint density at radius 3 is 2.19 bits per heavy atom. The molecule has 162 valence electrons. The second-order valence-corrected chi connectivity index (χ2v) is 12.0. The lowest BCUT2D eigenvalue weighted by atomic mass is 9.73. The van der Waals surface area contributed by atoms with Gasteiger partial charge in [0.25, 0.3) is 0 Å². The quantitative estimate of drug-likeness (QED) is 0.453. The summed E-state index contributed by atoms with van der Waals surface area (Å²) in [4.78, 5) is 1.54. The first kappa shape index (κ1) is 19.4. The summed E-state index contributed by atoms with van der Waals surface area (Å²) >= 11 is 2.00. The molecular weight excluding hydrogens is 404 g/mol. The Morgan fingerprint density at radius 2 is 1.44 bits per heavy atom. The smallest absolute Gasteiger partial charge is 0.0352 e. The van der Waals surface area contributed by atoms with Crippen molar-refractivity contribution in [3.63, 3.8) is 0 Å². The number of thiophene rings is 1. The third-order valence-electron chi connectivity index (χ3n) is 9.50. The molecule has 0 aliphatic heterocycles. The van der Waals surface area contributed by atoms with E-state index in [1.807, 2.05) is 11.3 Å². The van der Waals surface area contributed by atoms with Crippen LogP contribution in [0.2, 0.25) is 0 Å². The average Bonchev–Trinajstić information content (AvgIpc) is 3.46. The van der Waals surface area contributed by atoms with Gasteiger partial charge < -0.3 is 0 Å². The number of rotatable bonds is 3. The van der Waals surface area contributed by atoms with Crippen molar-refractivity contribution in [2.24, 2.45) is 47.3 Å². The Hall–Kier alpha value is -2.12. The van der Waals surface area contributed by atoms with Crippen molar-refractivity contribution in [2.45, 2.75) is 32.1 Å². The van der Waals surface area contributed by atoms with E-state index in [2.05, 4.69) is 91.9 Å². The second-order valence-electron chi connectivity index (χ2n) is 10.9. The van der Waals surface area contributed by atoms with Gasteiger partial charge in [-0.2, -0.15) is 0 Å². The summed E-state index contributed by atoms with van der Waals surface area (Å²) < 4.78 is 1.47. The van der Waals surface area contributed by atoms with Crippen LogP contribution in [0.5, 0.6) is 0 Å². The Balaban J connectivity index is 1.20. The van der Waals surface area contributed by atoms with Gasteiger partial charge >= 0.3 is 0 Å². The number of hydrogen-bond donors (Lipinski definition) is 0. The molecule has 0 nitrogen and oxygen atoms in total. The van der Waals surface area contributed by atoms with E-state index in [1.54, 1.807) is 5.56 Å². The number of fused-ring (bicyclic) bond motifs is 8. The fourth-order valence-corrected chi connectivity index (χ4v) is 9.39. The zero-order chi connectivity index (χ0) is 21.2. The van der Waals surface area contributed by atoms with Crippen LogP contribution in [0, 0.1) is 47.3 Å². The predicted octanol–water partition coefficient (Wildman–Crippen LogP) is 8.41. The van der Waals surface area contributed by atoms with Gasteiger partial charge in [-0.1, -0.05) is 79.8 Å². The lowest BCUT2D eigenvalue weighted by Gasteiger charge is -2.31. The minimum atomic E-state index is 0.704. The van der Waals surface area contributed by atoms with E-state index < -0.39 is 0 Å². The van der Waals surface area contributed by atoms with Gasteiger partial charge in [0.1, 0.15) is 0 Å². The molecule has 5 aliphatic rings. The molecule has 8 unspecified atom stereocenters. The Labute approximate surface area is 196 Å². The maximum atomic E-state index is 2.56. The zero-order valence-corrected chi connectivity index (χ0v) is 19.6. The van der Waals surface area contributed by atoms with E-state index in [-0.39, 0.29) is 0 Å². The monoisotopic (exact) mass is 436 g/mol. The van der Waals surface area contributed by atoms with Crippen LogP contribution in [0.1, 0.15) is 42.5 Å². The van der Waals surface area contributed by atoms with Gasteiger partial charge in [-0.05, 0) is 95.6 Å². The van der Waals surface area contributed by atoms with Gasteiger partial charge in [0.15, 0.2) is 0 Å².